The number of ether oxygens (including phenoxy) is 1. The molecule has 1 N–H and O–H groups in total. The molecule has 0 saturated carbocycles. The average Bonchev–Trinajstić information content (AvgIpc) is 2.56. The number of halogens is 1. The molecule has 0 aliphatic carbocycles. The van der Waals surface area contributed by atoms with Gasteiger partial charge in [-0.3, -0.25) is 0 Å². The van der Waals surface area contributed by atoms with Crippen LogP contribution in [-0.2, 0) is 9.84 Å². The smallest absolute Gasteiger partial charge is 0.194 e. The Kier molecular flexibility index (Phi) is 6.49. The van der Waals surface area contributed by atoms with Gasteiger partial charge in [0.25, 0.3) is 0 Å². The van der Waals surface area contributed by atoms with Crippen LogP contribution in [0.25, 0.3) is 0 Å². The first-order valence-corrected chi connectivity index (χ1v) is 10.5. The molecule has 1 saturated heterocycles. The van der Waals surface area contributed by atoms with E-state index in [1.54, 1.807) is 32.0 Å². The van der Waals surface area contributed by atoms with Gasteiger partial charge in [0.15, 0.2) is 27.4 Å². The topological polar surface area (TPSA) is 71.0 Å². The molecular formula is C18H28FN3O3S. The maximum Gasteiger partial charge on any atom is 0.194 e. The summed E-state index contributed by atoms with van der Waals surface area (Å²) >= 11 is 0. The maximum atomic E-state index is 13.7. The number of nitrogens with one attached hydrogen (secondary N) is 1. The fraction of sp³-hybridized carbons (Fsp3) is 0.611. The molecule has 0 aromatic heterocycles. The number of hydrogen-bond donors (Lipinski definition) is 1. The van der Waals surface area contributed by atoms with Crippen LogP contribution >= 0.6 is 0 Å². The Morgan fingerprint density at radius 3 is 2.73 bits per heavy atom. The lowest BCUT2D eigenvalue weighted by Gasteiger charge is -2.39. The van der Waals surface area contributed by atoms with Gasteiger partial charge in [0.2, 0.25) is 0 Å². The summed E-state index contributed by atoms with van der Waals surface area (Å²) < 4.78 is 42.8. The van der Waals surface area contributed by atoms with Gasteiger partial charge < -0.3 is 15.0 Å². The first kappa shape index (κ1) is 20.5. The van der Waals surface area contributed by atoms with E-state index >= 15 is 0 Å². The molecule has 146 valence electrons. The van der Waals surface area contributed by atoms with Crippen LogP contribution in [0.1, 0.15) is 27.7 Å². The zero-order valence-corrected chi connectivity index (χ0v) is 16.6. The summed E-state index contributed by atoms with van der Waals surface area (Å²) in [7, 11) is -3.11. The van der Waals surface area contributed by atoms with Crippen molar-refractivity contribution < 1.29 is 17.5 Å². The second-order valence-electron chi connectivity index (χ2n) is 7.05. The van der Waals surface area contributed by atoms with Gasteiger partial charge >= 0.3 is 0 Å². The summed E-state index contributed by atoms with van der Waals surface area (Å²) in [5, 5.41) is 3.20. The lowest BCUT2D eigenvalue weighted by atomic mass is 10.2. The number of rotatable bonds is 5. The third-order valence-corrected chi connectivity index (χ3v) is 6.87. The number of benzene rings is 1. The second kappa shape index (κ2) is 8.24. The van der Waals surface area contributed by atoms with Crippen LogP contribution in [0.15, 0.2) is 29.3 Å². The molecule has 0 amide bonds. The summed E-state index contributed by atoms with van der Waals surface area (Å²) in [6.07, 6.45) is -0.318. The first-order chi connectivity index (χ1) is 12.2. The molecule has 8 heteroatoms. The highest BCUT2D eigenvalue weighted by Crippen LogP contribution is 2.24. The van der Waals surface area contributed by atoms with Crippen LogP contribution < -0.4 is 10.1 Å². The predicted molar refractivity (Wildman–Crippen MR) is 102 cm³/mol. The Labute approximate surface area is 155 Å². The molecule has 1 aromatic carbocycles. The average molecular weight is 386 g/mol. The van der Waals surface area contributed by atoms with E-state index in [1.807, 2.05) is 18.7 Å². The van der Waals surface area contributed by atoms with Gasteiger partial charge in [-0.1, -0.05) is 12.1 Å². The third kappa shape index (κ3) is 4.87. The Hall–Kier alpha value is -1.83. The van der Waals surface area contributed by atoms with E-state index in [0.29, 0.717) is 32.1 Å². The van der Waals surface area contributed by atoms with Crippen LogP contribution in [0.3, 0.4) is 0 Å². The van der Waals surface area contributed by atoms with Crippen molar-refractivity contribution in [3.05, 3.63) is 30.1 Å². The van der Waals surface area contributed by atoms with Crippen molar-refractivity contribution in [1.29, 1.82) is 0 Å². The van der Waals surface area contributed by atoms with Crippen LogP contribution in [0.5, 0.6) is 5.75 Å². The van der Waals surface area contributed by atoms with Crippen molar-refractivity contribution in [3.8, 4) is 5.75 Å². The van der Waals surface area contributed by atoms with E-state index in [0.717, 1.165) is 0 Å². The summed E-state index contributed by atoms with van der Waals surface area (Å²) in [5.41, 5.74) is 0. The Balaban J connectivity index is 2.06. The number of guanidine groups is 1. The summed E-state index contributed by atoms with van der Waals surface area (Å²) in [5.74, 6) is 0.550. The molecular weight excluding hydrogens is 357 g/mol. The first-order valence-electron chi connectivity index (χ1n) is 8.83. The van der Waals surface area contributed by atoms with Gasteiger partial charge in [-0.15, -0.1) is 0 Å². The van der Waals surface area contributed by atoms with Gasteiger partial charge in [0.05, 0.1) is 17.0 Å². The van der Waals surface area contributed by atoms with Crippen molar-refractivity contribution in [2.24, 2.45) is 4.99 Å². The minimum absolute atomic E-state index is 0.103. The Bertz CT molecular complexity index is 750. The molecule has 1 aliphatic rings. The molecule has 1 atom stereocenters. The van der Waals surface area contributed by atoms with Crippen molar-refractivity contribution >= 4 is 15.8 Å². The molecule has 1 heterocycles. The molecule has 0 bridgehead atoms. The number of aliphatic imine (C=N–C) groups is 1. The molecule has 1 aliphatic heterocycles. The molecule has 0 spiro atoms. The van der Waals surface area contributed by atoms with Gasteiger partial charge in [-0.2, -0.15) is 0 Å². The summed E-state index contributed by atoms with van der Waals surface area (Å²) in [4.78, 5) is 6.52. The Morgan fingerprint density at radius 2 is 2.12 bits per heavy atom. The van der Waals surface area contributed by atoms with Gasteiger partial charge in [0.1, 0.15) is 6.10 Å². The Morgan fingerprint density at radius 1 is 1.42 bits per heavy atom. The molecule has 2 rings (SSSR count). The molecule has 26 heavy (non-hydrogen) atoms. The molecule has 0 radical (unpaired) electrons. The fourth-order valence-electron chi connectivity index (χ4n) is 2.76. The van der Waals surface area contributed by atoms with E-state index in [-0.39, 0.29) is 17.6 Å². The van der Waals surface area contributed by atoms with Gasteiger partial charge in [0, 0.05) is 19.6 Å². The normalized spacial score (nSPS) is 20.5. The van der Waals surface area contributed by atoms with E-state index in [1.165, 1.54) is 6.07 Å². The zero-order chi connectivity index (χ0) is 19.4. The summed E-state index contributed by atoms with van der Waals surface area (Å²) in [6.45, 7) is 9.05. The quantitative estimate of drug-likeness (QED) is 0.621. The SMILES string of the molecule is CCNC(=NCC(C)Oc1ccccc1F)N1CCS(=O)(=O)C(C)(C)C1. The monoisotopic (exact) mass is 385 g/mol. The minimum atomic E-state index is -3.11. The van der Waals surface area contributed by atoms with Crippen molar-refractivity contribution in [2.45, 2.75) is 38.5 Å². The van der Waals surface area contributed by atoms with Crippen LogP contribution in [-0.4, -0.2) is 62.1 Å². The molecule has 1 unspecified atom stereocenters. The lowest BCUT2D eigenvalue weighted by Crippen LogP contribution is -2.57. The van der Waals surface area contributed by atoms with E-state index in [4.69, 9.17) is 4.74 Å². The number of hydrogen-bond acceptors (Lipinski definition) is 4. The number of sulfone groups is 1. The standard InChI is InChI=1S/C18H28FN3O3S/c1-5-20-17(22-10-11-26(23,24)18(3,4)13-22)21-12-14(2)25-16-9-7-6-8-15(16)19/h6-9,14H,5,10-13H2,1-4H3,(H,20,21). The highest BCUT2D eigenvalue weighted by molar-refractivity contribution is 7.92. The highest BCUT2D eigenvalue weighted by Gasteiger charge is 2.40. The van der Waals surface area contributed by atoms with Gasteiger partial charge in [-0.05, 0) is 39.8 Å². The van der Waals surface area contributed by atoms with Crippen LogP contribution in [0.2, 0.25) is 0 Å². The fourth-order valence-corrected chi connectivity index (χ4v) is 4.13. The number of nitrogens with zero attached hydrogens (tertiary/aromatic N) is 2. The largest absolute Gasteiger partial charge is 0.486 e. The second-order valence-corrected chi connectivity index (χ2v) is 9.80. The predicted octanol–water partition coefficient (Wildman–Crippen LogP) is 2.07. The van der Waals surface area contributed by atoms with Crippen LogP contribution in [0.4, 0.5) is 4.39 Å². The van der Waals surface area contributed by atoms with Crippen molar-refractivity contribution in [3.63, 3.8) is 0 Å². The van der Waals surface area contributed by atoms with Gasteiger partial charge in [-0.25, -0.2) is 17.8 Å². The highest BCUT2D eigenvalue weighted by atomic mass is 32.2. The van der Waals surface area contributed by atoms with Crippen molar-refractivity contribution in [1.82, 2.24) is 10.2 Å². The van der Waals surface area contributed by atoms with E-state index in [9.17, 15) is 12.8 Å². The molecule has 1 fully saturated rings. The van der Waals surface area contributed by atoms with Crippen molar-refractivity contribution in [2.75, 3.05) is 31.9 Å². The van der Waals surface area contributed by atoms with E-state index in [2.05, 4.69) is 10.3 Å². The van der Waals surface area contributed by atoms with Crippen LogP contribution in [0, 0.1) is 5.82 Å². The molecule has 6 nitrogen and oxygen atoms in total. The summed E-state index contributed by atoms with van der Waals surface area (Å²) in [6, 6.07) is 6.26. The third-order valence-electron chi connectivity index (χ3n) is 4.34. The van der Waals surface area contributed by atoms with E-state index < -0.39 is 20.4 Å². The molecule has 1 aromatic rings. The minimum Gasteiger partial charge on any atom is -0.486 e. The maximum absolute atomic E-state index is 13.7. The lowest BCUT2D eigenvalue weighted by molar-refractivity contribution is 0.219. The zero-order valence-electron chi connectivity index (χ0n) is 15.8. The number of para-hydroxylation sites is 1.